The molecule has 5 nitrogen and oxygen atoms in total. The van der Waals surface area contributed by atoms with Gasteiger partial charge in [-0.05, 0) is 53.2 Å². The highest BCUT2D eigenvalue weighted by Gasteiger charge is 2.21. The van der Waals surface area contributed by atoms with Crippen LogP contribution in [0, 0.1) is 0 Å². The first-order valence-electron chi connectivity index (χ1n) is 18.3. The Kier molecular flexibility index (Phi) is 5.99. The summed E-state index contributed by atoms with van der Waals surface area (Å²) in [5.74, 6) is 1.92. The van der Waals surface area contributed by atoms with Crippen LogP contribution >= 0.6 is 0 Å². The number of hydrogen-bond acceptors (Lipinski definition) is 3. The van der Waals surface area contributed by atoms with E-state index in [9.17, 15) is 0 Å². The van der Waals surface area contributed by atoms with Gasteiger partial charge in [0.25, 0.3) is 0 Å². The molecule has 12 rings (SSSR count). The predicted octanol–water partition coefficient (Wildman–Crippen LogP) is 12.3. The third kappa shape index (κ3) is 4.12. The van der Waals surface area contributed by atoms with E-state index >= 15 is 0 Å². The van der Waals surface area contributed by atoms with Crippen molar-refractivity contribution in [3.8, 4) is 34.2 Å². The molecular weight excluding hydrogens is 659 g/mol. The lowest BCUT2D eigenvalue weighted by molar-refractivity contribution is 1.07. The molecule has 8 aromatic carbocycles. The van der Waals surface area contributed by atoms with Gasteiger partial charge in [0.1, 0.15) is 0 Å². The van der Waals surface area contributed by atoms with E-state index in [-0.39, 0.29) is 0 Å². The molecular formula is C49H29N5. The van der Waals surface area contributed by atoms with Crippen molar-refractivity contribution in [2.75, 3.05) is 0 Å². The van der Waals surface area contributed by atoms with E-state index in [0.717, 1.165) is 49.4 Å². The van der Waals surface area contributed by atoms with Crippen molar-refractivity contribution in [3.63, 3.8) is 0 Å². The van der Waals surface area contributed by atoms with Gasteiger partial charge in [-0.2, -0.15) is 0 Å². The third-order valence-corrected chi connectivity index (χ3v) is 11.0. The maximum atomic E-state index is 5.20. The number of aromatic nitrogens is 5. The van der Waals surface area contributed by atoms with Gasteiger partial charge in [0.2, 0.25) is 0 Å². The van der Waals surface area contributed by atoms with Crippen LogP contribution in [0.4, 0.5) is 0 Å². The quantitative estimate of drug-likeness (QED) is 0.186. The zero-order chi connectivity index (χ0) is 35.3. The minimum Gasteiger partial charge on any atom is -0.307 e. The molecule has 250 valence electrons. The fourth-order valence-electron chi connectivity index (χ4n) is 8.68. The molecule has 0 aliphatic heterocycles. The molecule has 0 bridgehead atoms. The Labute approximate surface area is 309 Å². The standard InChI is InChI=1S/C49H29N5/c1-3-14-30(15-4-1)47-50-48(31-16-5-2-6-17-31)52-49(51-47)34-27-39-36-21-10-12-24-42(36)53-43-25-13-22-37-35-20-9-11-23-41(35)54(46(37)43)44-29-33-19-8-7-18-32(33)26-38(44)40(28-34)45(39)53/h1-29H. The van der Waals surface area contributed by atoms with Crippen LogP contribution in [-0.2, 0) is 0 Å². The SMILES string of the molecule is c1ccc(-c2nc(-c3ccccc3)nc(-c3cc4c5ccccc5n5c6cccc7c8ccccc8n(c8cc9ccccc9cc8c(c3)c45)c76)n2)cc1. The van der Waals surface area contributed by atoms with Crippen LogP contribution in [0.15, 0.2) is 176 Å². The van der Waals surface area contributed by atoms with Gasteiger partial charge >= 0.3 is 0 Å². The van der Waals surface area contributed by atoms with Crippen molar-refractivity contribution in [3.05, 3.63) is 176 Å². The van der Waals surface area contributed by atoms with Crippen LogP contribution in [0.5, 0.6) is 0 Å². The summed E-state index contributed by atoms with van der Waals surface area (Å²) in [5.41, 5.74) is 9.84. The molecule has 0 unspecified atom stereocenters. The monoisotopic (exact) mass is 687 g/mol. The summed E-state index contributed by atoms with van der Waals surface area (Å²) in [6.45, 7) is 0. The van der Waals surface area contributed by atoms with E-state index in [4.69, 9.17) is 15.0 Å². The zero-order valence-corrected chi connectivity index (χ0v) is 29.0. The van der Waals surface area contributed by atoms with Crippen LogP contribution in [-0.4, -0.2) is 23.8 Å². The first kappa shape index (κ1) is 29.2. The molecule has 4 aromatic heterocycles. The highest BCUT2D eigenvalue weighted by atomic mass is 15.0. The van der Waals surface area contributed by atoms with Crippen molar-refractivity contribution in [1.29, 1.82) is 0 Å². The largest absolute Gasteiger partial charge is 0.307 e. The van der Waals surface area contributed by atoms with Gasteiger partial charge in [-0.25, -0.2) is 15.0 Å². The minimum atomic E-state index is 0.635. The lowest BCUT2D eigenvalue weighted by Crippen LogP contribution is -2.00. The van der Waals surface area contributed by atoms with E-state index in [2.05, 4.69) is 148 Å². The first-order chi connectivity index (χ1) is 26.8. The van der Waals surface area contributed by atoms with Crippen LogP contribution < -0.4 is 0 Å². The summed E-state index contributed by atoms with van der Waals surface area (Å²) in [5, 5.41) is 9.48. The van der Waals surface area contributed by atoms with Crippen LogP contribution in [0.3, 0.4) is 0 Å². The number of para-hydroxylation sites is 3. The van der Waals surface area contributed by atoms with Gasteiger partial charge in [0, 0.05) is 49.0 Å². The Morgan fingerprint density at radius 2 is 0.741 bits per heavy atom. The molecule has 0 saturated heterocycles. The summed E-state index contributed by atoms with van der Waals surface area (Å²) in [6.07, 6.45) is 0. The second kappa shape index (κ2) is 11.1. The van der Waals surface area contributed by atoms with Crippen molar-refractivity contribution in [1.82, 2.24) is 23.8 Å². The van der Waals surface area contributed by atoms with Crippen molar-refractivity contribution in [2.45, 2.75) is 0 Å². The number of rotatable bonds is 3. The van der Waals surface area contributed by atoms with E-state index in [0.29, 0.717) is 17.5 Å². The van der Waals surface area contributed by atoms with E-state index in [1.165, 1.54) is 43.5 Å². The number of benzene rings is 8. The number of nitrogens with zero attached hydrogens (tertiary/aromatic N) is 5. The van der Waals surface area contributed by atoms with E-state index in [1.807, 2.05) is 36.4 Å². The van der Waals surface area contributed by atoms with E-state index in [1.54, 1.807) is 0 Å². The summed E-state index contributed by atoms with van der Waals surface area (Å²) < 4.78 is 4.97. The number of fused-ring (bicyclic) bond motifs is 11. The van der Waals surface area contributed by atoms with E-state index < -0.39 is 0 Å². The molecule has 0 spiro atoms. The average Bonchev–Trinajstić information content (AvgIpc) is 3.76. The molecule has 0 radical (unpaired) electrons. The Morgan fingerprint density at radius 1 is 0.278 bits per heavy atom. The topological polar surface area (TPSA) is 47.5 Å². The molecule has 0 aliphatic carbocycles. The molecule has 0 atom stereocenters. The van der Waals surface area contributed by atoms with Crippen molar-refractivity contribution < 1.29 is 0 Å². The first-order valence-corrected chi connectivity index (χ1v) is 18.3. The normalized spacial score (nSPS) is 12.1. The summed E-state index contributed by atoms with van der Waals surface area (Å²) in [7, 11) is 0. The highest BCUT2D eigenvalue weighted by Crippen LogP contribution is 2.43. The molecule has 0 fully saturated rings. The maximum absolute atomic E-state index is 5.20. The maximum Gasteiger partial charge on any atom is 0.164 e. The third-order valence-electron chi connectivity index (χ3n) is 11.0. The molecule has 0 saturated carbocycles. The zero-order valence-electron chi connectivity index (χ0n) is 29.0. The molecule has 0 N–H and O–H groups in total. The molecule has 5 heteroatoms. The van der Waals surface area contributed by atoms with Crippen LogP contribution in [0.25, 0.3) is 110 Å². The Morgan fingerprint density at radius 3 is 1.39 bits per heavy atom. The van der Waals surface area contributed by atoms with Gasteiger partial charge in [-0.1, -0.05) is 133 Å². The summed E-state index contributed by atoms with van der Waals surface area (Å²) in [6, 6.07) is 62.7. The molecule has 0 amide bonds. The lowest BCUT2D eigenvalue weighted by Gasteiger charge is -2.13. The second-order valence-corrected chi connectivity index (χ2v) is 14.1. The van der Waals surface area contributed by atoms with Gasteiger partial charge in [0.05, 0.1) is 33.1 Å². The molecule has 54 heavy (non-hydrogen) atoms. The van der Waals surface area contributed by atoms with Crippen LogP contribution in [0.1, 0.15) is 0 Å². The van der Waals surface area contributed by atoms with Crippen molar-refractivity contribution >= 4 is 76.2 Å². The summed E-state index contributed by atoms with van der Waals surface area (Å²) in [4.78, 5) is 15.4. The Hall–Kier alpha value is -7.37. The van der Waals surface area contributed by atoms with Crippen molar-refractivity contribution in [2.24, 2.45) is 0 Å². The fourth-order valence-corrected chi connectivity index (χ4v) is 8.68. The van der Waals surface area contributed by atoms with Gasteiger partial charge < -0.3 is 8.80 Å². The average molecular weight is 688 g/mol. The smallest absolute Gasteiger partial charge is 0.164 e. The lowest BCUT2D eigenvalue weighted by atomic mass is 10.00. The van der Waals surface area contributed by atoms with Gasteiger partial charge in [-0.15, -0.1) is 0 Å². The predicted molar refractivity (Wildman–Crippen MR) is 223 cm³/mol. The Bertz CT molecular complexity index is 3430. The molecule has 4 heterocycles. The van der Waals surface area contributed by atoms with Gasteiger partial charge in [0.15, 0.2) is 17.5 Å². The minimum absolute atomic E-state index is 0.635. The highest BCUT2D eigenvalue weighted by molar-refractivity contribution is 6.25. The number of hydrogen-bond donors (Lipinski definition) is 0. The summed E-state index contributed by atoms with van der Waals surface area (Å²) >= 11 is 0. The molecule has 0 aliphatic rings. The molecule has 12 aromatic rings. The fraction of sp³-hybridized carbons (Fsp3) is 0. The Balaban J connectivity index is 1.33. The van der Waals surface area contributed by atoms with Gasteiger partial charge in [-0.3, -0.25) is 0 Å². The van der Waals surface area contributed by atoms with Crippen LogP contribution in [0.2, 0.25) is 0 Å². The second-order valence-electron chi connectivity index (χ2n) is 14.1.